The van der Waals surface area contributed by atoms with E-state index in [1.165, 1.54) is 27.7 Å². The third-order valence-corrected chi connectivity index (χ3v) is 8.39. The summed E-state index contributed by atoms with van der Waals surface area (Å²) in [6.07, 6.45) is -1.11. The summed E-state index contributed by atoms with van der Waals surface area (Å²) < 4.78 is 65.1. The van der Waals surface area contributed by atoms with Crippen molar-refractivity contribution < 1.29 is 89.5 Å². The third kappa shape index (κ3) is 31.8. The molecular formula is C31H56N4O19P2. The van der Waals surface area contributed by atoms with Gasteiger partial charge in [-0.3, -0.25) is 46.9 Å². The average Bonchev–Trinajstić information content (AvgIpc) is 3.05. The van der Waals surface area contributed by atoms with Gasteiger partial charge in [0.25, 0.3) is 0 Å². The molecule has 6 atom stereocenters. The van der Waals surface area contributed by atoms with E-state index in [1.54, 1.807) is 13.8 Å². The highest BCUT2D eigenvalue weighted by Crippen LogP contribution is 2.43. The van der Waals surface area contributed by atoms with Crippen LogP contribution in [-0.2, 0) is 74.9 Å². The molecule has 0 saturated heterocycles. The molecule has 0 aromatic rings. The second-order valence-electron chi connectivity index (χ2n) is 12.2. The highest BCUT2D eigenvalue weighted by molar-refractivity contribution is 7.47. The van der Waals surface area contributed by atoms with E-state index in [2.05, 4.69) is 21.3 Å². The van der Waals surface area contributed by atoms with E-state index in [9.17, 15) is 52.5 Å². The Kier molecular flexibility index (Phi) is 27.2. The summed E-state index contributed by atoms with van der Waals surface area (Å²) in [5, 5.41) is 9.52. The molecule has 0 rings (SSSR count). The SMILES string of the molecule is CC(=O)CC(=O)NC(COCCC(C)OC(C)=O)COP(=O)(O)OCCNC(=O)NCCOP(=O)(O)OCC(COCCC(C)OC(C)=O)NC(=O)CC(C)=O. The fraction of sp³-hybridized carbons (Fsp3) is 0.774. The van der Waals surface area contributed by atoms with Crippen molar-refractivity contribution in [2.75, 3.05) is 65.9 Å². The molecule has 0 aromatic heterocycles. The number of carbonyl (C=O) groups is 7. The second-order valence-corrected chi connectivity index (χ2v) is 15.1. The summed E-state index contributed by atoms with van der Waals surface area (Å²) in [5.74, 6) is -3.11. The summed E-state index contributed by atoms with van der Waals surface area (Å²) in [6, 6.07) is -2.73. The molecular weight excluding hydrogens is 794 g/mol. The van der Waals surface area contributed by atoms with Gasteiger partial charge < -0.3 is 50.0 Å². The number of carbonyl (C=O) groups excluding carboxylic acids is 7. The van der Waals surface area contributed by atoms with E-state index in [0.717, 1.165) is 0 Å². The quantitative estimate of drug-likeness (QED) is 0.0228. The molecule has 0 spiro atoms. The Bertz CT molecular complexity index is 1270. The number of hydrogen-bond acceptors (Lipinski definition) is 17. The Labute approximate surface area is 325 Å². The van der Waals surface area contributed by atoms with Gasteiger partial charge in [-0.25, -0.2) is 13.9 Å². The van der Waals surface area contributed by atoms with E-state index in [-0.39, 0.29) is 39.5 Å². The number of phosphoric acid groups is 2. The molecule has 23 nitrogen and oxygen atoms in total. The van der Waals surface area contributed by atoms with Gasteiger partial charge in [0.05, 0.1) is 77.8 Å². The minimum Gasteiger partial charge on any atom is -0.463 e. The van der Waals surface area contributed by atoms with Crippen molar-refractivity contribution in [1.82, 2.24) is 21.3 Å². The molecule has 6 unspecified atom stereocenters. The van der Waals surface area contributed by atoms with E-state index < -0.39 is 121 Å². The lowest BCUT2D eigenvalue weighted by Crippen LogP contribution is -2.42. The fourth-order valence-corrected chi connectivity index (χ4v) is 5.59. The zero-order valence-electron chi connectivity index (χ0n) is 32.4. The van der Waals surface area contributed by atoms with Gasteiger partial charge >= 0.3 is 33.6 Å². The van der Waals surface area contributed by atoms with Crippen molar-refractivity contribution in [3.63, 3.8) is 0 Å². The lowest BCUT2D eigenvalue weighted by molar-refractivity contribution is -0.147. The number of amides is 4. The number of esters is 2. The number of ketones is 2. The average molecular weight is 851 g/mol. The van der Waals surface area contributed by atoms with Crippen LogP contribution in [0.1, 0.15) is 67.2 Å². The number of hydrogen-bond donors (Lipinski definition) is 6. The van der Waals surface area contributed by atoms with Crippen LogP contribution in [0.5, 0.6) is 0 Å². The van der Waals surface area contributed by atoms with Crippen molar-refractivity contribution >= 4 is 57.0 Å². The van der Waals surface area contributed by atoms with Gasteiger partial charge in [-0.15, -0.1) is 0 Å². The molecule has 56 heavy (non-hydrogen) atoms. The molecule has 0 aliphatic heterocycles. The summed E-state index contributed by atoms with van der Waals surface area (Å²) >= 11 is 0. The van der Waals surface area contributed by atoms with Crippen molar-refractivity contribution in [3.8, 4) is 0 Å². The minimum absolute atomic E-state index is 0.109. The van der Waals surface area contributed by atoms with E-state index in [0.29, 0.717) is 12.8 Å². The molecule has 0 aromatic carbocycles. The number of urea groups is 1. The summed E-state index contributed by atoms with van der Waals surface area (Å²) in [4.78, 5) is 101. The van der Waals surface area contributed by atoms with Gasteiger partial charge in [0.15, 0.2) is 0 Å². The van der Waals surface area contributed by atoms with Gasteiger partial charge in [-0.2, -0.15) is 0 Å². The molecule has 0 fully saturated rings. The topological polar surface area (TPSA) is 316 Å². The number of nitrogens with one attached hydrogen (secondary N) is 4. The molecule has 324 valence electrons. The molecule has 4 amide bonds. The lowest BCUT2D eigenvalue weighted by Gasteiger charge is -2.21. The van der Waals surface area contributed by atoms with Gasteiger partial charge in [-0.1, -0.05) is 0 Å². The fourth-order valence-electron chi connectivity index (χ4n) is 4.06. The third-order valence-electron chi connectivity index (χ3n) is 6.42. The van der Waals surface area contributed by atoms with Gasteiger partial charge in [0, 0.05) is 39.8 Å². The molecule has 0 saturated carbocycles. The number of Topliss-reactive ketones (excluding diaryl/α,β-unsaturated/α-hetero) is 2. The maximum absolute atomic E-state index is 12.4. The van der Waals surface area contributed by atoms with Crippen LogP contribution in [0.3, 0.4) is 0 Å². The maximum atomic E-state index is 12.4. The van der Waals surface area contributed by atoms with E-state index >= 15 is 0 Å². The van der Waals surface area contributed by atoms with Crippen molar-refractivity contribution in [3.05, 3.63) is 0 Å². The second kappa shape index (κ2) is 28.9. The highest BCUT2D eigenvalue weighted by atomic mass is 31.2. The molecule has 0 aliphatic carbocycles. The molecule has 0 heterocycles. The predicted molar refractivity (Wildman–Crippen MR) is 193 cm³/mol. The number of phosphoric ester groups is 2. The zero-order valence-corrected chi connectivity index (χ0v) is 34.2. The summed E-state index contributed by atoms with van der Waals surface area (Å²) in [7, 11) is -9.39. The maximum Gasteiger partial charge on any atom is 0.472 e. The van der Waals surface area contributed by atoms with Gasteiger partial charge in [0.1, 0.15) is 23.8 Å². The van der Waals surface area contributed by atoms with Crippen LogP contribution in [0.2, 0.25) is 0 Å². The van der Waals surface area contributed by atoms with Crippen molar-refractivity contribution in [2.24, 2.45) is 0 Å². The smallest absolute Gasteiger partial charge is 0.463 e. The number of ether oxygens (including phenoxy) is 4. The molecule has 0 aliphatic rings. The summed E-state index contributed by atoms with van der Waals surface area (Å²) in [5.41, 5.74) is 0. The van der Waals surface area contributed by atoms with Gasteiger partial charge in [0.2, 0.25) is 11.8 Å². The number of rotatable bonds is 32. The predicted octanol–water partition coefficient (Wildman–Crippen LogP) is 0.197. The lowest BCUT2D eigenvalue weighted by atomic mass is 10.2. The molecule has 0 bridgehead atoms. The van der Waals surface area contributed by atoms with Crippen molar-refractivity contribution in [1.29, 1.82) is 0 Å². The Hall–Kier alpha value is -3.37. The Morgan fingerprint density at radius 1 is 0.554 bits per heavy atom. The van der Waals surface area contributed by atoms with E-state index in [1.807, 2.05) is 0 Å². The monoisotopic (exact) mass is 850 g/mol. The van der Waals surface area contributed by atoms with E-state index in [4.69, 9.17) is 37.0 Å². The molecule has 25 heteroatoms. The standard InChI is InChI=1S/C31H56N4O19P2/c1-21(36)15-29(40)34-27(17-47-11-7-23(3)53-25(5)38)19-51-55(43,44)49-13-9-32-31(42)33-10-14-50-56(45,46)52-20-28(35-30(41)16-22(2)37)18-48-12-8-24(4)54-26(6)39/h23-24,27-28H,7-20H2,1-6H3,(H,34,40)(H,35,41)(H,43,44)(H,45,46)(H2,32,33,42). The van der Waals surface area contributed by atoms with Crippen LogP contribution in [0.4, 0.5) is 4.79 Å². The van der Waals surface area contributed by atoms with Crippen LogP contribution in [-0.4, -0.2) is 141 Å². The highest BCUT2D eigenvalue weighted by Gasteiger charge is 2.26. The minimum atomic E-state index is -4.70. The molecule has 0 radical (unpaired) electrons. The Morgan fingerprint density at radius 3 is 1.23 bits per heavy atom. The Balaban J connectivity index is 4.66. The van der Waals surface area contributed by atoms with Crippen LogP contribution in [0.15, 0.2) is 0 Å². The first-order valence-electron chi connectivity index (χ1n) is 17.4. The molecule has 6 N–H and O–H groups in total. The first kappa shape index (κ1) is 52.6. The first-order chi connectivity index (χ1) is 26.1. The van der Waals surface area contributed by atoms with Crippen LogP contribution in [0.25, 0.3) is 0 Å². The normalized spacial score (nSPS) is 15.4. The first-order valence-corrected chi connectivity index (χ1v) is 20.4. The van der Waals surface area contributed by atoms with Crippen molar-refractivity contribution in [2.45, 2.75) is 91.5 Å². The van der Waals surface area contributed by atoms with Crippen LogP contribution in [0, 0.1) is 0 Å². The van der Waals surface area contributed by atoms with Crippen LogP contribution >= 0.6 is 15.6 Å². The zero-order chi connectivity index (χ0) is 42.7. The van der Waals surface area contributed by atoms with Gasteiger partial charge in [-0.05, 0) is 27.7 Å². The summed E-state index contributed by atoms with van der Waals surface area (Å²) in [6.45, 7) is 5.42. The Morgan fingerprint density at radius 2 is 0.911 bits per heavy atom. The largest absolute Gasteiger partial charge is 0.472 e. The van der Waals surface area contributed by atoms with Crippen LogP contribution < -0.4 is 21.3 Å².